The van der Waals surface area contributed by atoms with Crippen LogP contribution in [0.15, 0.2) is 83.8 Å². The van der Waals surface area contributed by atoms with E-state index in [0.717, 1.165) is 27.8 Å². The smallest absolute Gasteiger partial charge is 0.293 e. The van der Waals surface area contributed by atoms with Crippen molar-refractivity contribution >= 4 is 35.0 Å². The molecular weight excluding hydrogens is 426 g/mol. The minimum absolute atomic E-state index is 0.000383. The van der Waals surface area contributed by atoms with Gasteiger partial charge in [0.2, 0.25) is 0 Å². The van der Waals surface area contributed by atoms with Gasteiger partial charge < -0.3 is 14.6 Å². The lowest BCUT2D eigenvalue weighted by Gasteiger charge is -2.13. The van der Waals surface area contributed by atoms with Gasteiger partial charge >= 0.3 is 0 Å². The minimum atomic E-state index is -1.31. The Morgan fingerprint density at radius 1 is 0.938 bits per heavy atom. The van der Waals surface area contributed by atoms with Gasteiger partial charge in [0, 0.05) is 0 Å². The van der Waals surface area contributed by atoms with Crippen molar-refractivity contribution in [2.24, 2.45) is 0 Å². The monoisotopic (exact) mass is 444 g/mol. The van der Waals surface area contributed by atoms with Crippen LogP contribution in [-0.4, -0.2) is 22.0 Å². The van der Waals surface area contributed by atoms with Gasteiger partial charge in [0.1, 0.15) is 12.4 Å². The maximum absolute atomic E-state index is 12.7. The molecule has 1 saturated heterocycles. The Morgan fingerprint density at radius 2 is 1.66 bits per heavy atom. The largest absolute Gasteiger partial charge is 0.545 e. The molecule has 0 aliphatic carbocycles. The summed E-state index contributed by atoms with van der Waals surface area (Å²) in [5.74, 6) is -1.02. The van der Waals surface area contributed by atoms with Crippen LogP contribution in [0.4, 0.5) is 4.79 Å². The van der Waals surface area contributed by atoms with Gasteiger partial charge in [0.25, 0.3) is 11.1 Å². The number of thioether (sulfide) groups is 1. The Balaban J connectivity index is 1.42. The van der Waals surface area contributed by atoms with Gasteiger partial charge in [-0.05, 0) is 58.3 Å². The maximum Gasteiger partial charge on any atom is 0.293 e. The molecule has 3 aromatic carbocycles. The first-order chi connectivity index (χ1) is 15.5. The molecule has 0 unspecified atom stereocenters. The fourth-order valence-electron chi connectivity index (χ4n) is 3.17. The van der Waals surface area contributed by atoms with Crippen molar-refractivity contribution in [3.63, 3.8) is 0 Å². The molecule has 6 nitrogen and oxygen atoms in total. The van der Waals surface area contributed by atoms with Crippen molar-refractivity contribution in [1.29, 1.82) is 0 Å². The quantitative estimate of drug-likeness (QED) is 0.514. The highest BCUT2D eigenvalue weighted by Gasteiger charge is 2.35. The van der Waals surface area contributed by atoms with E-state index in [0.29, 0.717) is 22.8 Å². The second-order valence-electron chi connectivity index (χ2n) is 7.10. The van der Waals surface area contributed by atoms with E-state index in [1.165, 1.54) is 12.1 Å². The number of rotatable bonds is 7. The molecule has 0 N–H and O–H groups in total. The number of carboxylic acid groups (broad SMARTS) is 1. The fraction of sp³-hybridized carbons (Fsp3) is 0.0800. The summed E-state index contributed by atoms with van der Waals surface area (Å²) in [5, 5.41) is 10.6. The van der Waals surface area contributed by atoms with E-state index in [-0.39, 0.29) is 12.1 Å². The van der Waals surface area contributed by atoms with Crippen LogP contribution in [0, 0.1) is 0 Å². The molecule has 3 aromatic rings. The van der Waals surface area contributed by atoms with Gasteiger partial charge in [0.15, 0.2) is 0 Å². The van der Waals surface area contributed by atoms with Crippen molar-refractivity contribution < 1.29 is 24.2 Å². The molecular formula is C25H18NO5S-. The topological polar surface area (TPSA) is 86.7 Å². The van der Waals surface area contributed by atoms with Gasteiger partial charge in [-0.3, -0.25) is 14.5 Å². The Kier molecular flexibility index (Phi) is 6.37. The standard InChI is InChI=1S/C25H19NO5S/c27-23-22(32-25(30)26(23)15-19-7-4-8-20(13-19)24(28)29)14-17-9-11-21(12-10-17)31-16-18-5-2-1-3-6-18/h1-14H,15-16H2,(H,28,29)/p-1/b22-14+. The number of amides is 2. The zero-order chi connectivity index (χ0) is 22.5. The Bertz CT molecular complexity index is 1190. The molecule has 0 spiro atoms. The highest BCUT2D eigenvalue weighted by atomic mass is 32.2. The van der Waals surface area contributed by atoms with Crippen molar-refractivity contribution in [3.8, 4) is 5.75 Å². The predicted molar refractivity (Wildman–Crippen MR) is 120 cm³/mol. The molecule has 32 heavy (non-hydrogen) atoms. The zero-order valence-electron chi connectivity index (χ0n) is 16.9. The molecule has 1 fully saturated rings. The molecule has 2 amide bonds. The van der Waals surface area contributed by atoms with Crippen LogP contribution in [0.25, 0.3) is 6.08 Å². The van der Waals surface area contributed by atoms with Gasteiger partial charge in [-0.1, -0.05) is 60.7 Å². The predicted octanol–water partition coefficient (Wildman–Crippen LogP) is 3.87. The summed E-state index contributed by atoms with van der Waals surface area (Å²) in [5.41, 5.74) is 2.37. The van der Waals surface area contributed by atoms with Crippen LogP contribution < -0.4 is 9.84 Å². The van der Waals surface area contributed by atoms with Crippen LogP contribution in [0.3, 0.4) is 0 Å². The number of carbonyl (C=O) groups is 3. The first-order valence-corrected chi connectivity index (χ1v) is 10.6. The van der Waals surface area contributed by atoms with E-state index in [4.69, 9.17) is 4.74 Å². The van der Waals surface area contributed by atoms with Crippen molar-refractivity contribution in [2.45, 2.75) is 13.2 Å². The molecule has 0 bridgehead atoms. The first-order valence-electron chi connectivity index (χ1n) is 9.82. The number of imide groups is 1. The van der Waals surface area contributed by atoms with Gasteiger partial charge in [-0.2, -0.15) is 0 Å². The third kappa shape index (κ3) is 5.07. The third-order valence-electron chi connectivity index (χ3n) is 4.80. The number of aromatic carboxylic acids is 1. The number of hydrogen-bond donors (Lipinski definition) is 0. The van der Waals surface area contributed by atoms with Crippen LogP contribution in [0.1, 0.15) is 27.0 Å². The lowest BCUT2D eigenvalue weighted by Crippen LogP contribution is -2.28. The van der Waals surface area contributed by atoms with E-state index in [9.17, 15) is 19.5 Å². The summed E-state index contributed by atoms with van der Waals surface area (Å²) >= 11 is 0.857. The normalized spacial score (nSPS) is 14.8. The molecule has 1 heterocycles. The van der Waals surface area contributed by atoms with Crippen LogP contribution in [-0.2, 0) is 17.9 Å². The van der Waals surface area contributed by atoms with E-state index in [2.05, 4.69) is 0 Å². The summed E-state index contributed by atoms with van der Waals surface area (Å²) in [6.45, 7) is 0.452. The van der Waals surface area contributed by atoms with Crippen LogP contribution in [0.5, 0.6) is 5.75 Å². The van der Waals surface area contributed by atoms with E-state index in [1.807, 2.05) is 54.6 Å². The van der Waals surface area contributed by atoms with Crippen LogP contribution >= 0.6 is 11.8 Å². The Labute approximate surface area is 189 Å². The summed E-state index contributed by atoms with van der Waals surface area (Å²) < 4.78 is 5.76. The average Bonchev–Trinajstić information content (AvgIpc) is 3.07. The summed E-state index contributed by atoms with van der Waals surface area (Å²) in [4.78, 5) is 37.5. The van der Waals surface area contributed by atoms with Gasteiger partial charge in [-0.25, -0.2) is 0 Å². The summed E-state index contributed by atoms with van der Waals surface area (Å²) in [6, 6.07) is 23.1. The number of nitrogens with zero attached hydrogens (tertiary/aromatic N) is 1. The van der Waals surface area contributed by atoms with Gasteiger partial charge in [-0.15, -0.1) is 0 Å². The second kappa shape index (κ2) is 9.53. The van der Waals surface area contributed by atoms with E-state index >= 15 is 0 Å². The number of ether oxygens (including phenoxy) is 1. The second-order valence-corrected chi connectivity index (χ2v) is 8.09. The summed E-state index contributed by atoms with van der Waals surface area (Å²) in [6.07, 6.45) is 1.66. The maximum atomic E-state index is 12.7. The highest BCUT2D eigenvalue weighted by Crippen LogP contribution is 2.33. The zero-order valence-corrected chi connectivity index (χ0v) is 17.7. The molecule has 1 aliphatic rings. The first kappa shape index (κ1) is 21.4. The average molecular weight is 444 g/mol. The van der Waals surface area contributed by atoms with Gasteiger partial charge in [0.05, 0.1) is 17.4 Å². The summed E-state index contributed by atoms with van der Waals surface area (Å²) in [7, 11) is 0. The van der Waals surface area contributed by atoms with E-state index in [1.54, 1.807) is 18.2 Å². The number of carboxylic acids is 1. The molecule has 0 atom stereocenters. The number of benzene rings is 3. The molecule has 7 heteroatoms. The minimum Gasteiger partial charge on any atom is -0.545 e. The SMILES string of the molecule is O=C([O-])c1cccc(CN2C(=O)S/C(=C/c3ccc(OCc4ccccc4)cc3)C2=O)c1. The number of carbonyl (C=O) groups excluding carboxylic acids is 3. The molecule has 1 aliphatic heterocycles. The molecule has 0 saturated carbocycles. The molecule has 4 rings (SSSR count). The lowest BCUT2D eigenvalue weighted by molar-refractivity contribution is -0.255. The van der Waals surface area contributed by atoms with E-state index < -0.39 is 17.1 Å². The molecule has 0 aromatic heterocycles. The Hall–Kier alpha value is -3.84. The third-order valence-corrected chi connectivity index (χ3v) is 5.71. The fourth-order valence-corrected chi connectivity index (χ4v) is 4.01. The van der Waals surface area contributed by atoms with Crippen LogP contribution in [0.2, 0.25) is 0 Å². The molecule has 160 valence electrons. The van der Waals surface area contributed by atoms with Crippen molar-refractivity contribution in [1.82, 2.24) is 4.90 Å². The van der Waals surface area contributed by atoms with Crippen molar-refractivity contribution in [3.05, 3.63) is 106 Å². The Morgan fingerprint density at radius 3 is 2.38 bits per heavy atom. The number of hydrogen-bond acceptors (Lipinski definition) is 6. The highest BCUT2D eigenvalue weighted by molar-refractivity contribution is 8.18. The lowest BCUT2D eigenvalue weighted by atomic mass is 10.1. The molecule has 0 radical (unpaired) electrons. The van der Waals surface area contributed by atoms with Crippen molar-refractivity contribution in [2.75, 3.05) is 0 Å².